The molecule has 0 unspecified atom stereocenters. The largest absolute Gasteiger partial charge is 0.490 e. The van der Waals surface area contributed by atoms with Crippen molar-refractivity contribution in [1.82, 2.24) is 9.97 Å². The Morgan fingerprint density at radius 1 is 1.15 bits per heavy atom. The lowest BCUT2D eigenvalue weighted by atomic mass is 10.1. The lowest BCUT2D eigenvalue weighted by Gasteiger charge is -2.14. The van der Waals surface area contributed by atoms with Crippen LogP contribution in [0.2, 0.25) is 0 Å². The molecule has 2 N–H and O–H groups in total. The second-order valence-corrected chi connectivity index (χ2v) is 5.45. The van der Waals surface area contributed by atoms with Gasteiger partial charge in [-0.3, -0.25) is 4.79 Å². The monoisotopic (exact) mass is 354 g/mol. The predicted molar refractivity (Wildman–Crippen MR) is 97.1 cm³/mol. The maximum atomic E-state index is 12.5. The molecule has 2 aromatic carbocycles. The van der Waals surface area contributed by atoms with Gasteiger partial charge in [0.2, 0.25) is 0 Å². The van der Waals surface area contributed by atoms with Crippen LogP contribution in [0.3, 0.4) is 0 Å². The molecule has 3 aromatic rings. The summed E-state index contributed by atoms with van der Waals surface area (Å²) in [6.45, 7) is 4.63. The Hall–Kier alpha value is -3.35. The molecule has 26 heavy (non-hydrogen) atoms. The van der Waals surface area contributed by atoms with Crippen LogP contribution in [0.25, 0.3) is 22.3 Å². The van der Waals surface area contributed by atoms with Gasteiger partial charge in [-0.15, -0.1) is 0 Å². The van der Waals surface area contributed by atoms with E-state index in [0.29, 0.717) is 41.6 Å². The minimum Gasteiger partial charge on any atom is -0.490 e. The average Bonchev–Trinajstić information content (AvgIpc) is 2.63. The first-order valence-corrected chi connectivity index (χ1v) is 8.21. The molecule has 0 radical (unpaired) electrons. The summed E-state index contributed by atoms with van der Waals surface area (Å²) in [5.41, 5.74) is 0.611. The first-order valence-electron chi connectivity index (χ1n) is 8.21. The number of rotatable bonds is 6. The van der Waals surface area contributed by atoms with E-state index in [4.69, 9.17) is 14.6 Å². The molecular formula is C19H18N2O5. The van der Waals surface area contributed by atoms with E-state index in [-0.39, 0.29) is 10.9 Å². The highest BCUT2D eigenvalue weighted by Gasteiger charge is 2.16. The smallest absolute Gasteiger partial charge is 0.335 e. The highest BCUT2D eigenvalue weighted by molar-refractivity contribution is 5.93. The Labute approximate surface area is 149 Å². The molecule has 1 aromatic heterocycles. The van der Waals surface area contributed by atoms with Crippen molar-refractivity contribution < 1.29 is 19.4 Å². The molecule has 3 rings (SSSR count). The molecule has 0 saturated carbocycles. The lowest BCUT2D eigenvalue weighted by molar-refractivity contribution is 0.0697. The number of hydrogen-bond donors (Lipinski definition) is 2. The predicted octanol–water partition coefficient (Wildman–Crippen LogP) is 3.09. The molecule has 7 heteroatoms. The maximum Gasteiger partial charge on any atom is 0.335 e. The molecule has 0 aliphatic carbocycles. The maximum absolute atomic E-state index is 12.5. The average molecular weight is 354 g/mol. The van der Waals surface area contributed by atoms with Gasteiger partial charge < -0.3 is 19.6 Å². The number of aromatic amines is 1. The van der Waals surface area contributed by atoms with Crippen LogP contribution in [-0.4, -0.2) is 34.3 Å². The molecule has 0 bridgehead atoms. The summed E-state index contributed by atoms with van der Waals surface area (Å²) in [7, 11) is 0. The van der Waals surface area contributed by atoms with Gasteiger partial charge in [0.05, 0.1) is 35.2 Å². The van der Waals surface area contributed by atoms with Crippen molar-refractivity contribution in [3.05, 3.63) is 52.3 Å². The first-order chi connectivity index (χ1) is 12.5. The summed E-state index contributed by atoms with van der Waals surface area (Å²) < 4.78 is 11.3. The Kier molecular flexibility index (Phi) is 4.88. The molecule has 0 spiro atoms. The molecule has 0 aliphatic heterocycles. The Balaban J connectivity index is 2.20. The van der Waals surface area contributed by atoms with E-state index in [2.05, 4.69) is 9.97 Å². The Morgan fingerprint density at radius 2 is 1.92 bits per heavy atom. The third-order valence-corrected chi connectivity index (χ3v) is 3.77. The number of aromatic nitrogens is 2. The van der Waals surface area contributed by atoms with Crippen molar-refractivity contribution in [2.75, 3.05) is 13.2 Å². The van der Waals surface area contributed by atoms with Gasteiger partial charge in [-0.2, -0.15) is 0 Å². The van der Waals surface area contributed by atoms with Gasteiger partial charge in [-0.25, -0.2) is 9.78 Å². The number of carboxylic acid groups (broad SMARTS) is 1. The van der Waals surface area contributed by atoms with Gasteiger partial charge in [-0.05, 0) is 44.2 Å². The molecule has 0 aliphatic rings. The van der Waals surface area contributed by atoms with E-state index >= 15 is 0 Å². The van der Waals surface area contributed by atoms with Crippen molar-refractivity contribution in [2.24, 2.45) is 0 Å². The fourth-order valence-electron chi connectivity index (χ4n) is 2.66. The number of aromatic carboxylic acids is 1. The van der Waals surface area contributed by atoms with E-state index in [0.717, 1.165) is 0 Å². The summed E-state index contributed by atoms with van der Waals surface area (Å²) in [6, 6.07) is 9.61. The quantitative estimate of drug-likeness (QED) is 0.705. The second-order valence-electron chi connectivity index (χ2n) is 5.45. The van der Waals surface area contributed by atoms with E-state index in [1.165, 1.54) is 18.2 Å². The Morgan fingerprint density at radius 3 is 2.62 bits per heavy atom. The zero-order chi connectivity index (χ0) is 18.7. The van der Waals surface area contributed by atoms with Crippen LogP contribution in [-0.2, 0) is 0 Å². The number of carboxylic acids is 1. The van der Waals surface area contributed by atoms with Crippen LogP contribution in [0.5, 0.6) is 11.5 Å². The highest BCUT2D eigenvalue weighted by atomic mass is 16.5. The fourth-order valence-corrected chi connectivity index (χ4v) is 2.66. The van der Waals surface area contributed by atoms with Crippen LogP contribution < -0.4 is 15.0 Å². The third-order valence-electron chi connectivity index (χ3n) is 3.77. The number of benzene rings is 2. The number of fused-ring (bicyclic) bond motifs is 1. The van der Waals surface area contributed by atoms with Gasteiger partial charge in [-0.1, -0.05) is 6.07 Å². The molecular weight excluding hydrogens is 336 g/mol. The van der Waals surface area contributed by atoms with Crippen molar-refractivity contribution >= 4 is 16.9 Å². The minimum atomic E-state index is -1.10. The van der Waals surface area contributed by atoms with Gasteiger partial charge in [0.15, 0.2) is 11.5 Å². The van der Waals surface area contributed by atoms with Crippen molar-refractivity contribution in [2.45, 2.75) is 13.8 Å². The van der Waals surface area contributed by atoms with Gasteiger partial charge in [0.25, 0.3) is 5.56 Å². The highest BCUT2D eigenvalue weighted by Crippen LogP contribution is 2.36. The van der Waals surface area contributed by atoms with E-state index in [9.17, 15) is 9.59 Å². The third kappa shape index (κ3) is 3.23. The SMILES string of the molecule is CCOc1cccc(-c2nc3ccc(C(=O)O)cc3c(=O)[nH]2)c1OCC. The van der Waals surface area contributed by atoms with Crippen LogP contribution in [0.1, 0.15) is 24.2 Å². The lowest BCUT2D eigenvalue weighted by Crippen LogP contribution is -2.11. The number of nitrogens with one attached hydrogen (secondary N) is 1. The molecule has 0 fully saturated rings. The topological polar surface area (TPSA) is 102 Å². The number of carbonyl (C=O) groups is 1. The number of para-hydroxylation sites is 1. The number of hydrogen-bond acceptors (Lipinski definition) is 5. The summed E-state index contributed by atoms with van der Waals surface area (Å²) in [5, 5.41) is 9.30. The van der Waals surface area contributed by atoms with Gasteiger partial charge in [0.1, 0.15) is 5.82 Å². The van der Waals surface area contributed by atoms with Crippen molar-refractivity contribution in [3.63, 3.8) is 0 Å². The summed E-state index contributed by atoms with van der Waals surface area (Å²) in [4.78, 5) is 30.7. The zero-order valence-corrected chi connectivity index (χ0v) is 14.4. The number of ether oxygens (including phenoxy) is 2. The minimum absolute atomic E-state index is 0.0332. The van der Waals surface area contributed by atoms with Crippen LogP contribution in [0, 0.1) is 0 Å². The molecule has 0 saturated heterocycles. The first kappa shape index (κ1) is 17.5. The normalized spacial score (nSPS) is 10.7. The summed E-state index contributed by atoms with van der Waals surface area (Å²) in [6.07, 6.45) is 0. The molecule has 0 amide bonds. The van der Waals surface area contributed by atoms with E-state index < -0.39 is 11.5 Å². The standard InChI is InChI=1S/C19H18N2O5/c1-3-25-15-7-5-6-12(16(15)26-4-2)17-20-14-9-8-11(19(23)24)10-13(14)18(22)21-17/h5-10H,3-4H2,1-2H3,(H,23,24)(H,20,21,22). The number of H-pyrrole nitrogens is 1. The second kappa shape index (κ2) is 7.26. The fraction of sp³-hybridized carbons (Fsp3) is 0.211. The zero-order valence-electron chi connectivity index (χ0n) is 14.4. The van der Waals surface area contributed by atoms with Crippen molar-refractivity contribution in [1.29, 1.82) is 0 Å². The van der Waals surface area contributed by atoms with Crippen LogP contribution in [0.15, 0.2) is 41.2 Å². The molecule has 1 heterocycles. The number of nitrogens with zero attached hydrogens (tertiary/aromatic N) is 1. The van der Waals surface area contributed by atoms with Crippen molar-refractivity contribution in [3.8, 4) is 22.9 Å². The Bertz CT molecular complexity index is 1030. The summed E-state index contributed by atoms with van der Waals surface area (Å²) >= 11 is 0. The molecule has 134 valence electrons. The van der Waals surface area contributed by atoms with E-state index in [1.54, 1.807) is 18.2 Å². The molecule has 0 atom stereocenters. The van der Waals surface area contributed by atoms with Crippen LogP contribution >= 0.6 is 0 Å². The van der Waals surface area contributed by atoms with Gasteiger partial charge in [0, 0.05) is 0 Å². The van der Waals surface area contributed by atoms with Gasteiger partial charge >= 0.3 is 5.97 Å². The molecule has 7 nitrogen and oxygen atoms in total. The van der Waals surface area contributed by atoms with E-state index in [1.807, 2.05) is 13.8 Å². The summed E-state index contributed by atoms with van der Waals surface area (Å²) in [5.74, 6) is 0.298. The van der Waals surface area contributed by atoms with Crippen LogP contribution in [0.4, 0.5) is 0 Å².